The number of carbonyl (C=O) groups excluding carboxylic acids is 1. The van der Waals surface area contributed by atoms with Crippen LogP contribution in [-0.2, 0) is 10.0 Å². The van der Waals surface area contributed by atoms with Gasteiger partial charge in [-0.25, -0.2) is 18.1 Å². The van der Waals surface area contributed by atoms with Crippen LogP contribution in [0.15, 0.2) is 45.8 Å². The maximum atomic E-state index is 12.5. The van der Waals surface area contributed by atoms with Crippen LogP contribution in [0.3, 0.4) is 0 Å². The molecular formula is C19H20N4O4S. The number of sulfonamides is 1. The molecule has 0 unspecified atom stereocenters. The van der Waals surface area contributed by atoms with Gasteiger partial charge in [0.1, 0.15) is 5.69 Å². The lowest BCUT2D eigenvalue weighted by Crippen LogP contribution is -2.15. The van der Waals surface area contributed by atoms with Gasteiger partial charge < -0.3 is 9.84 Å². The van der Waals surface area contributed by atoms with Crippen molar-refractivity contribution < 1.29 is 17.7 Å². The summed E-state index contributed by atoms with van der Waals surface area (Å²) in [5.41, 5.74) is 3.66. The van der Waals surface area contributed by atoms with Crippen LogP contribution in [-0.4, -0.2) is 24.5 Å². The Balaban J connectivity index is 1.75. The fraction of sp³-hybridized carbons (Fsp3) is 0.211. The van der Waals surface area contributed by atoms with Crippen LogP contribution in [0.2, 0.25) is 0 Å². The lowest BCUT2D eigenvalue weighted by Gasteiger charge is -2.09. The molecule has 1 amide bonds. The van der Waals surface area contributed by atoms with Crippen molar-refractivity contribution in [3.8, 4) is 0 Å². The zero-order chi connectivity index (χ0) is 20.5. The minimum atomic E-state index is -3.84. The van der Waals surface area contributed by atoms with E-state index in [-0.39, 0.29) is 16.7 Å². The molecule has 0 spiro atoms. The summed E-state index contributed by atoms with van der Waals surface area (Å²) in [7, 11) is -3.84. The fourth-order valence-electron chi connectivity index (χ4n) is 2.56. The van der Waals surface area contributed by atoms with Crippen LogP contribution in [0.25, 0.3) is 0 Å². The number of rotatable bonds is 5. The van der Waals surface area contributed by atoms with Gasteiger partial charge in [-0.3, -0.25) is 4.79 Å². The Morgan fingerprint density at radius 2 is 1.71 bits per heavy atom. The zero-order valence-corrected chi connectivity index (χ0v) is 16.7. The zero-order valence-electron chi connectivity index (χ0n) is 15.9. The van der Waals surface area contributed by atoms with E-state index < -0.39 is 10.0 Å². The summed E-state index contributed by atoms with van der Waals surface area (Å²) in [6.07, 6.45) is 0. The van der Waals surface area contributed by atoms with Crippen molar-refractivity contribution >= 4 is 27.5 Å². The average Bonchev–Trinajstić information content (AvgIpc) is 2.93. The number of benzene rings is 1. The number of nitrogens with zero attached hydrogens (tertiary/aromatic N) is 2. The van der Waals surface area contributed by atoms with Crippen LogP contribution >= 0.6 is 0 Å². The van der Waals surface area contributed by atoms with Crippen LogP contribution in [0.1, 0.15) is 33.0 Å². The second kappa shape index (κ2) is 7.43. The normalized spacial score (nSPS) is 11.3. The van der Waals surface area contributed by atoms with Crippen LogP contribution < -0.4 is 10.0 Å². The number of anilines is 2. The fourth-order valence-corrected chi connectivity index (χ4v) is 3.61. The van der Waals surface area contributed by atoms with E-state index in [1.54, 1.807) is 19.9 Å². The minimum absolute atomic E-state index is 0.0310. The highest BCUT2D eigenvalue weighted by atomic mass is 32.2. The maximum Gasteiger partial charge on any atom is 0.274 e. The number of pyridine rings is 1. The van der Waals surface area contributed by atoms with Gasteiger partial charge in [-0.1, -0.05) is 5.16 Å². The molecule has 0 saturated carbocycles. The molecule has 0 aliphatic rings. The van der Waals surface area contributed by atoms with Gasteiger partial charge in [0.05, 0.1) is 10.6 Å². The third-order valence-electron chi connectivity index (χ3n) is 4.14. The van der Waals surface area contributed by atoms with Crippen LogP contribution in [0.5, 0.6) is 0 Å². The van der Waals surface area contributed by atoms with Crippen LogP contribution in [0, 0.1) is 27.7 Å². The Morgan fingerprint density at radius 3 is 2.29 bits per heavy atom. The largest absolute Gasteiger partial charge is 0.337 e. The van der Waals surface area contributed by atoms with E-state index in [4.69, 9.17) is 4.52 Å². The van der Waals surface area contributed by atoms with Gasteiger partial charge in [0, 0.05) is 16.9 Å². The van der Waals surface area contributed by atoms with Crippen molar-refractivity contribution in [1.82, 2.24) is 10.1 Å². The van der Waals surface area contributed by atoms with Crippen molar-refractivity contribution in [3.63, 3.8) is 0 Å². The molecule has 2 aromatic heterocycles. The molecule has 2 N–H and O–H groups in total. The van der Waals surface area contributed by atoms with Gasteiger partial charge >= 0.3 is 0 Å². The van der Waals surface area contributed by atoms with Gasteiger partial charge in [-0.2, -0.15) is 0 Å². The number of aryl methyl sites for hydroxylation is 3. The van der Waals surface area contributed by atoms with Gasteiger partial charge in [0.2, 0.25) is 5.88 Å². The SMILES string of the molecule is Cc1cc(C)nc(C(=O)Nc2ccc(S(=O)(=O)Nc3onc(C)c3C)cc2)c1. The lowest BCUT2D eigenvalue weighted by molar-refractivity contribution is 0.102. The minimum Gasteiger partial charge on any atom is -0.337 e. The van der Waals surface area contributed by atoms with Gasteiger partial charge in [-0.05, 0) is 69.7 Å². The first-order valence-corrected chi connectivity index (χ1v) is 9.96. The highest BCUT2D eigenvalue weighted by molar-refractivity contribution is 7.92. The monoisotopic (exact) mass is 400 g/mol. The summed E-state index contributed by atoms with van der Waals surface area (Å²) >= 11 is 0. The summed E-state index contributed by atoms with van der Waals surface area (Å²) in [4.78, 5) is 16.6. The number of nitrogens with one attached hydrogen (secondary N) is 2. The van der Waals surface area contributed by atoms with Crippen molar-refractivity contribution in [2.75, 3.05) is 10.0 Å². The number of hydrogen-bond acceptors (Lipinski definition) is 6. The van der Waals surface area contributed by atoms with Crippen molar-refractivity contribution in [2.45, 2.75) is 32.6 Å². The topological polar surface area (TPSA) is 114 Å². The van der Waals surface area contributed by atoms with Crippen molar-refractivity contribution in [2.24, 2.45) is 0 Å². The molecule has 2 heterocycles. The quantitative estimate of drug-likeness (QED) is 0.679. The molecule has 146 valence electrons. The molecule has 9 heteroatoms. The molecule has 0 radical (unpaired) electrons. The first kappa shape index (κ1) is 19.6. The molecule has 0 atom stereocenters. The molecule has 0 aliphatic heterocycles. The predicted octanol–water partition coefficient (Wildman–Crippen LogP) is 3.36. The smallest absolute Gasteiger partial charge is 0.274 e. The van der Waals surface area contributed by atoms with E-state index >= 15 is 0 Å². The summed E-state index contributed by atoms with van der Waals surface area (Å²) in [5, 5.41) is 6.43. The Morgan fingerprint density at radius 1 is 1.04 bits per heavy atom. The van der Waals surface area contributed by atoms with Crippen molar-refractivity contribution in [1.29, 1.82) is 0 Å². The second-order valence-electron chi connectivity index (χ2n) is 6.48. The molecule has 8 nitrogen and oxygen atoms in total. The summed E-state index contributed by atoms with van der Waals surface area (Å²) < 4.78 is 32.4. The van der Waals surface area contributed by atoms with Crippen molar-refractivity contribution in [3.05, 3.63) is 64.6 Å². The predicted molar refractivity (Wildman–Crippen MR) is 105 cm³/mol. The van der Waals surface area contributed by atoms with E-state index in [1.807, 2.05) is 19.9 Å². The van der Waals surface area contributed by atoms with Gasteiger partial charge in [0.15, 0.2) is 0 Å². The highest BCUT2D eigenvalue weighted by Gasteiger charge is 2.19. The number of amides is 1. The van der Waals surface area contributed by atoms with E-state index in [0.29, 0.717) is 22.6 Å². The Bertz CT molecular complexity index is 1110. The van der Waals surface area contributed by atoms with E-state index in [2.05, 4.69) is 20.2 Å². The molecule has 1 aromatic carbocycles. The molecule has 28 heavy (non-hydrogen) atoms. The molecule has 3 aromatic rings. The van der Waals surface area contributed by atoms with Crippen LogP contribution in [0.4, 0.5) is 11.6 Å². The standard InChI is InChI=1S/C19H20N4O4S/c1-11-9-12(2)20-17(10-11)18(24)21-15-5-7-16(8-6-15)28(25,26)23-19-13(3)14(4)22-27-19/h5-10,23H,1-4H3,(H,21,24). The van der Waals surface area contributed by atoms with Gasteiger partial charge in [0.25, 0.3) is 15.9 Å². The lowest BCUT2D eigenvalue weighted by atomic mass is 10.2. The molecule has 0 bridgehead atoms. The third-order valence-corrected chi connectivity index (χ3v) is 5.48. The third kappa shape index (κ3) is 4.20. The van der Waals surface area contributed by atoms with Gasteiger partial charge in [-0.15, -0.1) is 0 Å². The van der Waals surface area contributed by atoms with E-state index in [1.165, 1.54) is 24.3 Å². The first-order chi connectivity index (χ1) is 13.2. The molecule has 3 rings (SSSR count). The first-order valence-electron chi connectivity index (χ1n) is 8.48. The summed E-state index contributed by atoms with van der Waals surface area (Å²) in [6, 6.07) is 9.37. The number of carbonyl (C=O) groups is 1. The average molecular weight is 400 g/mol. The summed E-state index contributed by atoms with van der Waals surface area (Å²) in [6.45, 7) is 7.13. The van der Waals surface area contributed by atoms with E-state index in [9.17, 15) is 13.2 Å². The Labute approximate surface area is 163 Å². The number of aromatic nitrogens is 2. The maximum absolute atomic E-state index is 12.5. The molecule has 0 saturated heterocycles. The number of hydrogen-bond donors (Lipinski definition) is 2. The second-order valence-corrected chi connectivity index (χ2v) is 8.16. The summed E-state index contributed by atoms with van der Waals surface area (Å²) in [5.74, 6) is -0.288. The molecular weight excluding hydrogens is 380 g/mol. The molecule has 0 aliphatic carbocycles. The highest BCUT2D eigenvalue weighted by Crippen LogP contribution is 2.22. The Hall–Kier alpha value is -3.20. The molecule has 0 fully saturated rings. The van der Waals surface area contributed by atoms with E-state index in [0.717, 1.165) is 11.3 Å². The Kier molecular flexibility index (Phi) is 5.19.